The zero-order chi connectivity index (χ0) is 23.1. The molecule has 1 fully saturated rings. The van der Waals surface area contributed by atoms with Crippen LogP contribution in [-0.2, 0) is 11.2 Å². The summed E-state index contributed by atoms with van der Waals surface area (Å²) in [6, 6.07) is 21.0. The number of ether oxygens (including phenoxy) is 3. The van der Waals surface area contributed by atoms with Crippen LogP contribution in [0.25, 0.3) is 0 Å². The van der Waals surface area contributed by atoms with Gasteiger partial charge in [-0.15, -0.1) is 0 Å². The number of amides is 1. The second-order valence-electron chi connectivity index (χ2n) is 8.94. The predicted octanol–water partition coefficient (Wildman–Crippen LogP) is 4.89. The maximum absolute atomic E-state index is 13.6. The van der Waals surface area contributed by atoms with E-state index in [1.54, 1.807) is 12.1 Å². The zero-order valence-electron chi connectivity index (χ0n) is 18.7. The molecule has 1 amide bonds. The number of rotatable bonds is 3. The van der Waals surface area contributed by atoms with Crippen molar-refractivity contribution < 1.29 is 23.8 Å². The molecule has 6 nitrogen and oxygen atoms in total. The Bertz CT molecular complexity index is 1250. The van der Waals surface area contributed by atoms with E-state index in [2.05, 4.69) is 0 Å². The summed E-state index contributed by atoms with van der Waals surface area (Å²) >= 11 is 0. The third-order valence-electron chi connectivity index (χ3n) is 6.86. The Morgan fingerprint density at radius 3 is 2.56 bits per heavy atom. The lowest BCUT2D eigenvalue weighted by Gasteiger charge is -2.28. The molecule has 0 bridgehead atoms. The zero-order valence-corrected chi connectivity index (χ0v) is 18.7. The minimum Gasteiger partial charge on any atom is -0.486 e. The highest BCUT2D eigenvalue weighted by molar-refractivity contribution is 5.98. The molecule has 3 aliphatic rings. The second-order valence-corrected chi connectivity index (χ2v) is 8.94. The Kier molecular flexibility index (Phi) is 5.21. The monoisotopic (exact) mass is 455 g/mol. The lowest BCUT2D eigenvalue weighted by molar-refractivity contribution is 0.0252. The molecule has 34 heavy (non-hydrogen) atoms. The third kappa shape index (κ3) is 3.69. The molecule has 0 aliphatic carbocycles. The topological polar surface area (TPSA) is 65.1 Å². The highest BCUT2D eigenvalue weighted by atomic mass is 16.6. The number of nitrogens with zero attached hydrogens (tertiary/aromatic N) is 1. The van der Waals surface area contributed by atoms with Crippen molar-refractivity contribution in [2.75, 3.05) is 19.8 Å². The second kappa shape index (κ2) is 8.52. The summed E-state index contributed by atoms with van der Waals surface area (Å²) in [5, 5.41) is 0. The number of cyclic esters (lactones) is 1. The van der Waals surface area contributed by atoms with Crippen LogP contribution in [0.2, 0.25) is 0 Å². The standard InChI is InChI=1S/C28H25NO5/c30-27(29-12-4-7-23(29)19-9-11-24-26(16-19)33-14-13-32-24)20-8-10-22-21(15-20)17-25(34-28(22)31)18-5-2-1-3-6-18/h1-3,5-6,8-11,15-16,23,25H,4,7,12-14,17H2/t23-,25+/m0/s1. The van der Waals surface area contributed by atoms with Crippen molar-refractivity contribution in [3.8, 4) is 11.5 Å². The van der Waals surface area contributed by atoms with E-state index in [1.807, 2.05) is 59.5 Å². The van der Waals surface area contributed by atoms with Crippen LogP contribution >= 0.6 is 0 Å². The SMILES string of the molecule is O=C1O[C@@H](c2ccccc2)Cc2cc(C(=O)N3CCC[C@H]3c3ccc4c(c3)OCCO4)ccc21. The maximum Gasteiger partial charge on any atom is 0.339 e. The Morgan fingerprint density at radius 2 is 1.71 bits per heavy atom. The van der Waals surface area contributed by atoms with Crippen LogP contribution in [0, 0.1) is 0 Å². The summed E-state index contributed by atoms with van der Waals surface area (Å²) in [5.74, 6) is 1.13. The molecule has 6 heteroatoms. The molecule has 0 radical (unpaired) electrons. The highest BCUT2D eigenvalue weighted by Crippen LogP contribution is 2.39. The highest BCUT2D eigenvalue weighted by Gasteiger charge is 2.33. The number of hydrogen-bond acceptors (Lipinski definition) is 5. The van der Waals surface area contributed by atoms with Crippen molar-refractivity contribution in [1.29, 1.82) is 0 Å². The number of likely N-dealkylation sites (tertiary alicyclic amines) is 1. The fourth-order valence-electron chi connectivity index (χ4n) is 5.17. The largest absolute Gasteiger partial charge is 0.486 e. The quantitative estimate of drug-likeness (QED) is 0.526. The number of hydrogen-bond donors (Lipinski definition) is 0. The molecule has 2 atom stereocenters. The van der Waals surface area contributed by atoms with Gasteiger partial charge < -0.3 is 19.1 Å². The van der Waals surface area contributed by atoms with Crippen LogP contribution in [-0.4, -0.2) is 36.5 Å². The molecule has 0 saturated carbocycles. The van der Waals surface area contributed by atoms with Crippen molar-refractivity contribution >= 4 is 11.9 Å². The van der Waals surface area contributed by atoms with E-state index >= 15 is 0 Å². The molecule has 6 rings (SSSR count). The van der Waals surface area contributed by atoms with Gasteiger partial charge >= 0.3 is 5.97 Å². The molecule has 3 heterocycles. The van der Waals surface area contributed by atoms with Crippen LogP contribution in [0.1, 0.15) is 62.4 Å². The minimum absolute atomic E-state index is 0.0126. The van der Waals surface area contributed by atoms with Crippen LogP contribution in [0.4, 0.5) is 0 Å². The first kappa shape index (κ1) is 20.8. The maximum atomic E-state index is 13.6. The van der Waals surface area contributed by atoms with Gasteiger partial charge in [-0.1, -0.05) is 36.4 Å². The average Bonchev–Trinajstić information content (AvgIpc) is 3.38. The van der Waals surface area contributed by atoms with E-state index < -0.39 is 0 Å². The van der Waals surface area contributed by atoms with Gasteiger partial charge in [0, 0.05) is 18.5 Å². The number of benzene rings is 3. The van der Waals surface area contributed by atoms with Crippen molar-refractivity contribution in [1.82, 2.24) is 4.90 Å². The van der Waals surface area contributed by atoms with Gasteiger partial charge in [0.2, 0.25) is 0 Å². The Labute approximate surface area is 198 Å². The van der Waals surface area contributed by atoms with Crippen LogP contribution in [0.3, 0.4) is 0 Å². The van der Waals surface area contributed by atoms with Gasteiger partial charge in [-0.25, -0.2) is 4.79 Å². The van der Waals surface area contributed by atoms with E-state index in [-0.39, 0.29) is 24.0 Å². The van der Waals surface area contributed by atoms with Crippen molar-refractivity contribution in [2.24, 2.45) is 0 Å². The first-order valence-electron chi connectivity index (χ1n) is 11.8. The van der Waals surface area contributed by atoms with E-state index in [4.69, 9.17) is 14.2 Å². The predicted molar refractivity (Wildman–Crippen MR) is 125 cm³/mol. The lowest BCUT2D eigenvalue weighted by Crippen LogP contribution is -2.31. The van der Waals surface area contributed by atoms with E-state index in [0.717, 1.165) is 41.0 Å². The molecule has 3 aromatic rings. The van der Waals surface area contributed by atoms with E-state index in [1.165, 1.54) is 0 Å². The molecule has 1 saturated heterocycles. The van der Waals surface area contributed by atoms with E-state index in [0.29, 0.717) is 37.3 Å². The first-order valence-corrected chi connectivity index (χ1v) is 11.8. The summed E-state index contributed by atoms with van der Waals surface area (Å²) < 4.78 is 17.1. The number of esters is 1. The van der Waals surface area contributed by atoms with Crippen LogP contribution in [0.5, 0.6) is 11.5 Å². The van der Waals surface area contributed by atoms with Crippen molar-refractivity contribution in [2.45, 2.75) is 31.4 Å². The van der Waals surface area contributed by atoms with Gasteiger partial charge in [-0.05, 0) is 59.9 Å². The summed E-state index contributed by atoms with van der Waals surface area (Å²) in [4.78, 5) is 28.1. The van der Waals surface area contributed by atoms with Crippen LogP contribution < -0.4 is 9.47 Å². The van der Waals surface area contributed by atoms with Gasteiger partial charge in [0.15, 0.2) is 11.5 Å². The Hall–Kier alpha value is -3.80. The molecule has 0 N–H and O–H groups in total. The molecule has 0 spiro atoms. The van der Waals surface area contributed by atoms with Crippen molar-refractivity contribution in [3.63, 3.8) is 0 Å². The molecule has 3 aromatic carbocycles. The fourth-order valence-corrected chi connectivity index (χ4v) is 5.17. The molecular weight excluding hydrogens is 430 g/mol. The molecule has 0 unspecified atom stereocenters. The minimum atomic E-state index is -0.344. The van der Waals surface area contributed by atoms with Gasteiger partial charge in [-0.2, -0.15) is 0 Å². The summed E-state index contributed by atoms with van der Waals surface area (Å²) in [7, 11) is 0. The molecular formula is C28H25NO5. The summed E-state index contributed by atoms with van der Waals surface area (Å²) in [5.41, 5.74) is 4.00. The van der Waals surface area contributed by atoms with Gasteiger partial charge in [0.05, 0.1) is 11.6 Å². The molecule has 0 aromatic heterocycles. The number of carbonyl (C=O) groups is 2. The lowest BCUT2D eigenvalue weighted by atomic mass is 9.93. The van der Waals surface area contributed by atoms with Crippen LogP contribution in [0.15, 0.2) is 66.7 Å². The average molecular weight is 456 g/mol. The van der Waals surface area contributed by atoms with Gasteiger partial charge in [-0.3, -0.25) is 4.79 Å². The number of carbonyl (C=O) groups excluding carboxylic acids is 2. The number of fused-ring (bicyclic) bond motifs is 2. The van der Waals surface area contributed by atoms with Crippen molar-refractivity contribution in [3.05, 3.63) is 94.5 Å². The summed E-state index contributed by atoms with van der Waals surface area (Å²) in [6.45, 7) is 1.78. The Morgan fingerprint density at radius 1 is 0.882 bits per heavy atom. The fraction of sp³-hybridized carbons (Fsp3) is 0.286. The normalized spacial score (nSPS) is 21.1. The molecule has 3 aliphatic heterocycles. The van der Waals surface area contributed by atoms with Gasteiger partial charge in [0.1, 0.15) is 19.3 Å². The summed E-state index contributed by atoms with van der Waals surface area (Å²) in [6.07, 6.45) is 2.05. The smallest absolute Gasteiger partial charge is 0.339 e. The first-order chi connectivity index (χ1) is 16.7. The Balaban J connectivity index is 1.27. The molecule has 172 valence electrons. The van der Waals surface area contributed by atoms with Gasteiger partial charge in [0.25, 0.3) is 5.91 Å². The van der Waals surface area contributed by atoms with E-state index in [9.17, 15) is 9.59 Å². The third-order valence-corrected chi connectivity index (χ3v) is 6.86.